The third-order valence-electron chi connectivity index (χ3n) is 1.82. The molecule has 2 aromatic rings. The van der Waals surface area contributed by atoms with Crippen molar-refractivity contribution in [1.29, 1.82) is 0 Å². The number of aromatic amines is 1. The molecule has 0 atom stereocenters. The first kappa shape index (κ1) is 8.35. The number of H-pyrrole nitrogens is 1. The van der Waals surface area contributed by atoms with Crippen LogP contribution in [0.4, 0.5) is 5.69 Å². The van der Waals surface area contributed by atoms with Gasteiger partial charge in [0.05, 0.1) is 11.1 Å². The zero-order valence-corrected chi connectivity index (χ0v) is 7.09. The molecule has 0 bridgehead atoms. The third-order valence-corrected chi connectivity index (χ3v) is 1.82. The Morgan fingerprint density at radius 2 is 2.36 bits per heavy atom. The molecule has 1 N–H and O–H groups in total. The average molecular weight is 195 g/mol. The SMILES string of the molecule is Cn1nnc2c(=O)[nH]cc([N+](=O)[O-])c21. The molecule has 0 aliphatic rings. The van der Waals surface area contributed by atoms with Crippen LogP contribution in [0, 0.1) is 10.1 Å². The van der Waals surface area contributed by atoms with Crippen LogP contribution in [0.2, 0.25) is 0 Å². The summed E-state index contributed by atoms with van der Waals surface area (Å²) in [4.78, 5) is 23.4. The van der Waals surface area contributed by atoms with Gasteiger partial charge in [-0.2, -0.15) is 0 Å². The Balaban J connectivity index is 3.00. The van der Waals surface area contributed by atoms with Crippen molar-refractivity contribution in [3.05, 3.63) is 26.7 Å². The normalized spacial score (nSPS) is 10.6. The highest BCUT2D eigenvalue weighted by Gasteiger charge is 2.18. The van der Waals surface area contributed by atoms with Crippen LogP contribution in [0.3, 0.4) is 0 Å². The summed E-state index contributed by atoms with van der Waals surface area (Å²) in [6, 6.07) is 0. The maximum absolute atomic E-state index is 11.2. The lowest BCUT2D eigenvalue weighted by Gasteiger charge is -1.93. The molecule has 0 amide bonds. The Bertz CT molecular complexity index is 568. The van der Waals surface area contributed by atoms with Crippen molar-refractivity contribution in [3.8, 4) is 0 Å². The molecule has 0 aliphatic carbocycles. The number of aromatic nitrogens is 4. The number of nitro groups is 1. The van der Waals surface area contributed by atoms with Gasteiger partial charge in [0.2, 0.25) is 0 Å². The predicted octanol–water partition coefficient (Wildman–Crippen LogP) is -0.435. The highest BCUT2D eigenvalue weighted by molar-refractivity contribution is 5.82. The fourth-order valence-electron chi connectivity index (χ4n) is 1.21. The van der Waals surface area contributed by atoms with Gasteiger partial charge in [0.1, 0.15) is 0 Å². The summed E-state index contributed by atoms with van der Waals surface area (Å²) in [6.07, 6.45) is 1.04. The summed E-state index contributed by atoms with van der Waals surface area (Å²) < 4.78 is 1.20. The Hall–Kier alpha value is -2.25. The van der Waals surface area contributed by atoms with E-state index in [4.69, 9.17) is 0 Å². The Morgan fingerprint density at radius 3 is 3.00 bits per heavy atom. The molecular formula is C6H5N5O3. The van der Waals surface area contributed by atoms with Crippen LogP contribution in [0.1, 0.15) is 0 Å². The van der Waals surface area contributed by atoms with E-state index in [1.54, 1.807) is 0 Å². The van der Waals surface area contributed by atoms with Gasteiger partial charge < -0.3 is 4.98 Å². The van der Waals surface area contributed by atoms with Gasteiger partial charge in [0.15, 0.2) is 11.0 Å². The van der Waals surface area contributed by atoms with Gasteiger partial charge in [-0.25, -0.2) is 4.68 Å². The zero-order chi connectivity index (χ0) is 10.3. The largest absolute Gasteiger partial charge is 0.321 e. The summed E-state index contributed by atoms with van der Waals surface area (Å²) in [5.41, 5.74) is -0.605. The first-order valence-electron chi connectivity index (χ1n) is 3.66. The molecule has 0 fully saturated rings. The second-order valence-corrected chi connectivity index (χ2v) is 2.67. The number of hydrogen-bond donors (Lipinski definition) is 1. The molecule has 2 aromatic heterocycles. The van der Waals surface area contributed by atoms with E-state index in [1.165, 1.54) is 11.7 Å². The molecule has 8 nitrogen and oxygen atoms in total. The number of nitrogens with zero attached hydrogens (tertiary/aromatic N) is 4. The third kappa shape index (κ3) is 0.969. The lowest BCUT2D eigenvalue weighted by atomic mass is 10.3. The van der Waals surface area contributed by atoms with Crippen molar-refractivity contribution < 1.29 is 4.92 Å². The standard InChI is InChI=1S/C6H5N5O3/c1-10-5-3(11(13)14)2-7-6(12)4(5)8-9-10/h2H,1H3,(H,7,12). The zero-order valence-electron chi connectivity index (χ0n) is 7.09. The molecular weight excluding hydrogens is 190 g/mol. The van der Waals surface area contributed by atoms with Crippen molar-refractivity contribution >= 4 is 16.7 Å². The minimum atomic E-state index is -0.596. The van der Waals surface area contributed by atoms with E-state index in [2.05, 4.69) is 15.3 Å². The van der Waals surface area contributed by atoms with E-state index in [9.17, 15) is 14.9 Å². The lowest BCUT2D eigenvalue weighted by molar-refractivity contribution is -0.383. The molecule has 0 saturated heterocycles. The molecule has 0 aliphatic heterocycles. The molecule has 72 valence electrons. The topological polar surface area (TPSA) is 107 Å². The monoisotopic (exact) mass is 195 g/mol. The fourth-order valence-corrected chi connectivity index (χ4v) is 1.21. The highest BCUT2D eigenvalue weighted by atomic mass is 16.6. The van der Waals surface area contributed by atoms with Crippen molar-refractivity contribution in [2.24, 2.45) is 7.05 Å². The van der Waals surface area contributed by atoms with E-state index in [0.29, 0.717) is 0 Å². The van der Waals surface area contributed by atoms with Gasteiger partial charge >= 0.3 is 5.69 Å². The van der Waals surface area contributed by atoms with Crippen LogP contribution in [0.25, 0.3) is 11.0 Å². The van der Waals surface area contributed by atoms with Crippen LogP contribution in [0.5, 0.6) is 0 Å². The van der Waals surface area contributed by atoms with Gasteiger partial charge in [0.25, 0.3) is 5.56 Å². The van der Waals surface area contributed by atoms with Crippen LogP contribution in [-0.2, 0) is 7.05 Å². The lowest BCUT2D eigenvalue weighted by Crippen LogP contribution is -2.07. The van der Waals surface area contributed by atoms with Gasteiger partial charge in [-0.05, 0) is 0 Å². The number of aryl methyl sites for hydroxylation is 1. The number of rotatable bonds is 1. The molecule has 8 heteroatoms. The van der Waals surface area contributed by atoms with E-state index in [1.807, 2.05) is 0 Å². The van der Waals surface area contributed by atoms with Crippen LogP contribution in [-0.4, -0.2) is 24.9 Å². The molecule has 2 heterocycles. The highest BCUT2D eigenvalue weighted by Crippen LogP contribution is 2.18. The second-order valence-electron chi connectivity index (χ2n) is 2.67. The Morgan fingerprint density at radius 1 is 1.64 bits per heavy atom. The first-order valence-corrected chi connectivity index (χ1v) is 3.66. The summed E-state index contributed by atoms with van der Waals surface area (Å²) in [5, 5.41) is 17.7. The molecule has 0 radical (unpaired) electrons. The molecule has 0 aromatic carbocycles. The second kappa shape index (κ2) is 2.62. The van der Waals surface area contributed by atoms with Gasteiger partial charge in [0, 0.05) is 7.05 Å². The van der Waals surface area contributed by atoms with Crippen molar-refractivity contribution in [1.82, 2.24) is 20.0 Å². The van der Waals surface area contributed by atoms with Crippen molar-refractivity contribution in [2.75, 3.05) is 0 Å². The van der Waals surface area contributed by atoms with E-state index < -0.39 is 10.5 Å². The van der Waals surface area contributed by atoms with Crippen LogP contribution >= 0.6 is 0 Å². The fraction of sp³-hybridized carbons (Fsp3) is 0.167. The van der Waals surface area contributed by atoms with Gasteiger partial charge in [-0.1, -0.05) is 5.21 Å². The minimum absolute atomic E-state index is 0.0262. The summed E-state index contributed by atoms with van der Waals surface area (Å²) in [7, 11) is 1.49. The number of hydrogen-bond acceptors (Lipinski definition) is 5. The maximum atomic E-state index is 11.2. The van der Waals surface area contributed by atoms with Gasteiger partial charge in [-0.3, -0.25) is 14.9 Å². The van der Waals surface area contributed by atoms with E-state index in [0.717, 1.165) is 6.20 Å². The predicted molar refractivity (Wildman–Crippen MR) is 45.8 cm³/mol. The quantitative estimate of drug-likeness (QED) is 0.490. The summed E-state index contributed by atoms with van der Waals surface area (Å²) in [6.45, 7) is 0. The number of pyridine rings is 1. The van der Waals surface area contributed by atoms with Crippen LogP contribution in [0.15, 0.2) is 11.0 Å². The average Bonchev–Trinajstić information content (AvgIpc) is 2.50. The van der Waals surface area contributed by atoms with Crippen molar-refractivity contribution in [2.45, 2.75) is 0 Å². The number of fused-ring (bicyclic) bond motifs is 1. The van der Waals surface area contributed by atoms with E-state index >= 15 is 0 Å². The Kier molecular flexibility index (Phi) is 1.56. The smallest absolute Gasteiger partial charge is 0.312 e. The first-order chi connectivity index (χ1) is 6.61. The van der Waals surface area contributed by atoms with Gasteiger partial charge in [-0.15, -0.1) is 5.10 Å². The van der Waals surface area contributed by atoms with E-state index in [-0.39, 0.29) is 16.7 Å². The van der Waals surface area contributed by atoms with Crippen molar-refractivity contribution in [3.63, 3.8) is 0 Å². The molecule has 0 unspecified atom stereocenters. The maximum Gasteiger partial charge on any atom is 0.312 e. The summed E-state index contributed by atoms with van der Waals surface area (Å²) in [5.74, 6) is 0. The number of nitrogens with one attached hydrogen (secondary N) is 1. The minimum Gasteiger partial charge on any atom is -0.321 e. The molecule has 2 rings (SSSR count). The molecule has 14 heavy (non-hydrogen) atoms. The Labute approximate surface area is 76.3 Å². The van der Waals surface area contributed by atoms with Crippen LogP contribution < -0.4 is 5.56 Å². The molecule has 0 saturated carbocycles. The molecule has 0 spiro atoms. The summed E-state index contributed by atoms with van der Waals surface area (Å²) >= 11 is 0.